The van der Waals surface area contributed by atoms with Crippen LogP contribution in [0.1, 0.15) is 96.9 Å². The van der Waals surface area contributed by atoms with Crippen molar-refractivity contribution in [2.75, 3.05) is 13.2 Å². The Morgan fingerprint density at radius 1 is 0.459 bits per heavy atom. The Balaban J connectivity index is 2.22. The number of carbonyl (C=O) groups is 8. The minimum Gasteiger partial charge on any atom is -0.462 e. The predicted octanol–water partition coefficient (Wildman–Crippen LogP) is 1.78. The Labute approximate surface area is 354 Å². The third-order valence-electron chi connectivity index (χ3n) is 9.24. The predicted molar refractivity (Wildman–Crippen MR) is 201 cm³/mol. The molecular weight excluding hydrogens is 816 g/mol. The normalized spacial score (nSPS) is 32.9. The van der Waals surface area contributed by atoms with E-state index in [9.17, 15) is 38.4 Å². The first-order valence-corrected chi connectivity index (χ1v) is 19.8. The summed E-state index contributed by atoms with van der Waals surface area (Å²) in [6.45, 7) is 18.2. The van der Waals surface area contributed by atoms with Crippen LogP contribution in [0.4, 0.5) is 0 Å². The third kappa shape index (κ3) is 14.3. The van der Waals surface area contributed by atoms with E-state index in [1.807, 2.05) is 0 Å². The Bertz CT molecular complexity index is 1610. The van der Waals surface area contributed by atoms with Gasteiger partial charge in [-0.1, -0.05) is 0 Å². The molecule has 14 atom stereocenters. The van der Waals surface area contributed by atoms with E-state index in [1.54, 1.807) is 41.5 Å². The van der Waals surface area contributed by atoms with Crippen LogP contribution in [0.25, 0.3) is 0 Å². The zero-order valence-electron chi connectivity index (χ0n) is 37.1. The molecule has 21 heteroatoms. The Morgan fingerprint density at radius 2 is 0.820 bits per heavy atom. The minimum absolute atomic E-state index is 0.424. The first-order valence-electron chi connectivity index (χ1n) is 19.8. The topological polar surface area (TPSA) is 257 Å². The highest BCUT2D eigenvalue weighted by atomic mass is 16.8. The van der Waals surface area contributed by atoms with Crippen LogP contribution >= 0.6 is 0 Å². The summed E-state index contributed by atoms with van der Waals surface area (Å²) in [5, 5.41) is 0. The smallest absolute Gasteiger partial charge is 0.311 e. The van der Waals surface area contributed by atoms with Crippen LogP contribution in [-0.4, -0.2) is 147 Å². The van der Waals surface area contributed by atoms with E-state index in [1.165, 1.54) is 13.8 Å². The van der Waals surface area contributed by atoms with Crippen LogP contribution in [0.5, 0.6) is 0 Å². The average Bonchev–Trinajstić information content (AvgIpc) is 3.09. The fourth-order valence-corrected chi connectivity index (χ4v) is 6.56. The lowest BCUT2D eigenvalue weighted by Crippen LogP contribution is -2.66. The first-order chi connectivity index (χ1) is 28.1. The molecule has 346 valence electrons. The summed E-state index contributed by atoms with van der Waals surface area (Å²) < 4.78 is 76.3. The number of hydrogen-bond acceptors (Lipinski definition) is 21. The summed E-state index contributed by atoms with van der Waals surface area (Å²) in [7, 11) is 0. The van der Waals surface area contributed by atoms with Gasteiger partial charge in [-0.3, -0.25) is 38.4 Å². The van der Waals surface area contributed by atoms with Gasteiger partial charge in [0.05, 0.1) is 29.6 Å². The molecule has 0 aliphatic carbocycles. The molecule has 0 aromatic rings. The first kappa shape index (κ1) is 50.9. The summed E-state index contributed by atoms with van der Waals surface area (Å²) in [4.78, 5) is 101. The zero-order chi connectivity index (χ0) is 46.3. The molecule has 0 aromatic heterocycles. The number of esters is 8. The lowest BCUT2D eigenvalue weighted by molar-refractivity contribution is -0.354. The van der Waals surface area contributed by atoms with Crippen molar-refractivity contribution < 1.29 is 99.9 Å². The van der Waals surface area contributed by atoms with Crippen LogP contribution in [0.15, 0.2) is 0 Å². The van der Waals surface area contributed by atoms with Crippen LogP contribution < -0.4 is 0 Å². The molecule has 0 radical (unpaired) electrons. The second kappa shape index (κ2) is 21.1. The second-order valence-corrected chi connectivity index (χ2v) is 17.0. The summed E-state index contributed by atoms with van der Waals surface area (Å²) in [5.41, 5.74) is -2.12. The quantitative estimate of drug-likeness (QED) is 0.189. The molecule has 0 unspecified atom stereocenters. The molecule has 3 rings (SSSR count). The molecule has 21 nitrogen and oxygen atoms in total. The Hall–Kier alpha value is -4.44. The Morgan fingerprint density at radius 3 is 1.20 bits per heavy atom. The lowest BCUT2D eigenvalue weighted by atomic mass is 9.94. The number of ether oxygens (including phenoxy) is 13. The molecule has 3 saturated heterocycles. The number of rotatable bonds is 13. The van der Waals surface area contributed by atoms with Gasteiger partial charge in [0.1, 0.15) is 24.9 Å². The highest BCUT2D eigenvalue weighted by Gasteiger charge is 2.57. The fraction of sp³-hybridized carbons (Fsp3) is 0.800. The van der Waals surface area contributed by atoms with Crippen LogP contribution in [0.2, 0.25) is 0 Å². The van der Waals surface area contributed by atoms with Gasteiger partial charge >= 0.3 is 47.8 Å². The molecule has 3 fully saturated rings. The van der Waals surface area contributed by atoms with Crippen molar-refractivity contribution in [2.24, 2.45) is 10.8 Å². The van der Waals surface area contributed by atoms with E-state index >= 15 is 0 Å². The molecule has 3 aliphatic heterocycles. The van der Waals surface area contributed by atoms with Crippen molar-refractivity contribution in [3.8, 4) is 0 Å². The van der Waals surface area contributed by atoms with E-state index in [2.05, 4.69) is 0 Å². The highest BCUT2D eigenvalue weighted by Crippen LogP contribution is 2.37. The maximum absolute atomic E-state index is 13.8. The lowest BCUT2D eigenvalue weighted by Gasteiger charge is -2.49. The molecule has 3 aliphatic rings. The van der Waals surface area contributed by atoms with Crippen molar-refractivity contribution in [1.82, 2.24) is 0 Å². The van der Waals surface area contributed by atoms with E-state index in [0.717, 1.165) is 41.5 Å². The molecule has 0 saturated carbocycles. The second-order valence-electron chi connectivity index (χ2n) is 17.0. The number of carbonyl (C=O) groups excluding carboxylic acids is 8. The molecule has 0 aromatic carbocycles. The maximum atomic E-state index is 13.8. The fourth-order valence-electron chi connectivity index (χ4n) is 6.56. The highest BCUT2D eigenvalue weighted by molar-refractivity contribution is 5.76. The number of hydrogen-bond donors (Lipinski definition) is 0. The van der Waals surface area contributed by atoms with Crippen molar-refractivity contribution in [3.05, 3.63) is 0 Å². The molecule has 3 heterocycles. The van der Waals surface area contributed by atoms with Crippen LogP contribution in [0, 0.1) is 10.8 Å². The van der Waals surface area contributed by atoms with Crippen LogP contribution in [-0.2, 0) is 99.9 Å². The van der Waals surface area contributed by atoms with E-state index in [0.29, 0.717) is 0 Å². The molecule has 0 bridgehead atoms. The summed E-state index contributed by atoms with van der Waals surface area (Å²) in [6, 6.07) is 0. The SMILES string of the molecule is CC(=O)O[C@@H]1[C@@H](OC(C)=O)[C@H](C)O[C@@H](O[C@H]2[C@H](OC(=O)C(C)(C)C)[C@@H](O[C@@H]3O[C@@H](C)[C@H](OC(C)=O)[C@@H](OC(C)=O)[C@H]3OC(C)=O)CO[C@@H]2COC(=O)C(C)(C)C)[C@@H]1OC(C)=O. The van der Waals surface area contributed by atoms with Crippen molar-refractivity contribution >= 4 is 47.8 Å². The van der Waals surface area contributed by atoms with Gasteiger partial charge < -0.3 is 61.6 Å². The molecule has 0 N–H and O–H groups in total. The van der Waals surface area contributed by atoms with E-state index < -0.39 is 158 Å². The largest absolute Gasteiger partial charge is 0.462 e. The molecule has 0 spiro atoms. The summed E-state index contributed by atoms with van der Waals surface area (Å²) in [6.07, 6.45) is -20.0. The van der Waals surface area contributed by atoms with Gasteiger partial charge in [-0.05, 0) is 55.4 Å². The van der Waals surface area contributed by atoms with Gasteiger partial charge in [0.15, 0.2) is 55.3 Å². The molecule has 61 heavy (non-hydrogen) atoms. The molecular formula is C40H60O21. The van der Waals surface area contributed by atoms with E-state index in [-0.39, 0.29) is 0 Å². The standard InChI is InChI=1S/C40H60O21/c1-17-27(53-19(3)41)31(55-21(5)43)33(57-23(7)45)35(51-17)59-26-16-49-25(15-50-37(47)39(9,10)11)29(30(26)61-38(48)40(12,13)14)60-36-34(58-24(8)46)32(56-22(6)44)28(18(2)52-36)54-20(4)42/h17-18,25-36H,15-16H2,1-14H3/t17-,18-,25+,26-,27-,28-,29+,30+,31+,32+,33+,34+,35-,36-/m0/s1. The maximum Gasteiger partial charge on any atom is 0.311 e. The van der Waals surface area contributed by atoms with Crippen molar-refractivity contribution in [3.63, 3.8) is 0 Å². The van der Waals surface area contributed by atoms with Gasteiger partial charge in [-0.2, -0.15) is 0 Å². The summed E-state index contributed by atoms with van der Waals surface area (Å²) in [5.74, 6) is -6.33. The van der Waals surface area contributed by atoms with Gasteiger partial charge in [0.25, 0.3) is 0 Å². The minimum atomic E-state index is -1.68. The van der Waals surface area contributed by atoms with Gasteiger partial charge in [-0.25, -0.2) is 0 Å². The van der Waals surface area contributed by atoms with Crippen molar-refractivity contribution in [1.29, 1.82) is 0 Å². The summed E-state index contributed by atoms with van der Waals surface area (Å²) >= 11 is 0. The third-order valence-corrected chi connectivity index (χ3v) is 9.24. The van der Waals surface area contributed by atoms with Gasteiger partial charge in [-0.15, -0.1) is 0 Å². The Kier molecular flexibility index (Phi) is 17.6. The van der Waals surface area contributed by atoms with Crippen LogP contribution in [0.3, 0.4) is 0 Å². The monoisotopic (exact) mass is 876 g/mol. The van der Waals surface area contributed by atoms with Gasteiger partial charge in [0, 0.05) is 41.5 Å². The van der Waals surface area contributed by atoms with Gasteiger partial charge in [0.2, 0.25) is 0 Å². The molecule has 0 amide bonds. The average molecular weight is 877 g/mol. The zero-order valence-corrected chi connectivity index (χ0v) is 37.1. The van der Waals surface area contributed by atoms with Crippen molar-refractivity contribution in [2.45, 2.75) is 183 Å². The van der Waals surface area contributed by atoms with E-state index in [4.69, 9.17) is 61.6 Å².